The molecule has 0 rings (SSSR count). The predicted molar refractivity (Wildman–Crippen MR) is 115 cm³/mol. The molecule has 0 amide bonds. The zero-order valence-electron chi connectivity index (χ0n) is 18.1. The summed E-state index contributed by atoms with van der Waals surface area (Å²) in [5.74, 6) is 0. The number of unbranched alkanes of at least 4 members (excludes halogenated alkanes) is 6. The van der Waals surface area contributed by atoms with Crippen LogP contribution in [0.5, 0.6) is 0 Å². The fourth-order valence-electron chi connectivity index (χ4n) is 3.04. The van der Waals surface area contributed by atoms with E-state index in [1.807, 2.05) is 0 Å². The van der Waals surface area contributed by atoms with Crippen molar-refractivity contribution in [2.24, 2.45) is 0 Å². The molecule has 0 aliphatic rings. The molecular weight excluding hydrogens is 526 g/mol. The molecule has 0 N–H and O–H groups in total. The van der Waals surface area contributed by atoms with E-state index in [0.717, 1.165) is 13.2 Å². The van der Waals surface area contributed by atoms with Crippen molar-refractivity contribution in [2.45, 2.75) is 111 Å². The van der Waals surface area contributed by atoms with Gasteiger partial charge in [0.05, 0.1) is 0 Å². The Labute approximate surface area is 168 Å². The van der Waals surface area contributed by atoms with E-state index in [1.54, 1.807) is 0 Å². The third kappa shape index (κ3) is 14.2. The SMILES string of the molecule is CCCCC[O][Sn]([CH3])([CH2]CCC)[O][Sn]([CH3])([CH2]CCC)[O]CCCCC. The van der Waals surface area contributed by atoms with Crippen molar-refractivity contribution < 1.29 is 7.56 Å². The van der Waals surface area contributed by atoms with Crippen molar-refractivity contribution >= 4 is 38.4 Å². The second-order valence-electron chi connectivity index (χ2n) is 7.69. The van der Waals surface area contributed by atoms with E-state index in [-0.39, 0.29) is 0 Å². The van der Waals surface area contributed by atoms with Crippen LogP contribution in [0, 0.1) is 0 Å². The van der Waals surface area contributed by atoms with Gasteiger partial charge in [0.15, 0.2) is 0 Å². The summed E-state index contributed by atoms with van der Waals surface area (Å²) in [5.41, 5.74) is 0. The molecule has 3 nitrogen and oxygen atoms in total. The van der Waals surface area contributed by atoms with Crippen LogP contribution in [0.4, 0.5) is 0 Å². The van der Waals surface area contributed by atoms with Crippen molar-refractivity contribution in [3.05, 3.63) is 0 Å². The second-order valence-corrected chi connectivity index (χ2v) is 29.6. The maximum absolute atomic E-state index is 6.97. The van der Waals surface area contributed by atoms with Gasteiger partial charge in [0.2, 0.25) is 0 Å². The van der Waals surface area contributed by atoms with E-state index in [9.17, 15) is 0 Å². The molecule has 0 aliphatic heterocycles. The first-order chi connectivity index (χ1) is 11.9. The molecule has 0 bridgehead atoms. The fraction of sp³-hybridized carbons (Fsp3) is 1.00. The molecule has 0 aromatic carbocycles. The first kappa shape index (κ1) is 26.5. The van der Waals surface area contributed by atoms with Crippen LogP contribution in [0.3, 0.4) is 0 Å². The van der Waals surface area contributed by atoms with Crippen LogP contribution < -0.4 is 0 Å². The molecule has 0 saturated carbocycles. The van der Waals surface area contributed by atoms with Crippen molar-refractivity contribution in [1.29, 1.82) is 0 Å². The van der Waals surface area contributed by atoms with Crippen molar-refractivity contribution in [3.63, 3.8) is 0 Å². The van der Waals surface area contributed by atoms with Crippen LogP contribution in [0.2, 0.25) is 18.8 Å². The Bertz CT molecular complexity index is 277. The third-order valence-electron chi connectivity index (χ3n) is 4.71. The number of hydrogen-bond donors (Lipinski definition) is 0. The topological polar surface area (TPSA) is 27.7 Å². The third-order valence-corrected chi connectivity index (χ3v) is 35.6. The van der Waals surface area contributed by atoms with Crippen LogP contribution in [0.15, 0.2) is 0 Å². The quantitative estimate of drug-likeness (QED) is 0.129. The normalized spacial score (nSPS) is 16.6. The predicted octanol–water partition coefficient (Wildman–Crippen LogP) is 7.16. The zero-order valence-corrected chi connectivity index (χ0v) is 23.8. The molecule has 0 heterocycles. The van der Waals surface area contributed by atoms with Gasteiger partial charge in [-0.2, -0.15) is 0 Å². The molecule has 25 heavy (non-hydrogen) atoms. The summed E-state index contributed by atoms with van der Waals surface area (Å²) in [6.07, 6.45) is 12.3. The first-order valence-corrected chi connectivity index (χ1v) is 25.3. The molecule has 0 radical (unpaired) electrons. The molecule has 0 aromatic heterocycles. The zero-order chi connectivity index (χ0) is 19.0. The van der Waals surface area contributed by atoms with E-state index >= 15 is 0 Å². The van der Waals surface area contributed by atoms with Gasteiger partial charge in [-0.25, -0.2) is 0 Å². The standard InChI is InChI=1S/2C5H11O.2C4H9.2CH3.O.2Sn/c2*1-2-3-4-5-6;2*1-3-4-2;;;;;/h2*2-5H2,1H3;2*1,3-4H2,2H3;2*1H3;;;/q2*-1;;;;;;2*+1. The van der Waals surface area contributed by atoms with E-state index in [0.29, 0.717) is 0 Å². The van der Waals surface area contributed by atoms with E-state index in [2.05, 4.69) is 37.6 Å². The van der Waals surface area contributed by atoms with E-state index in [1.165, 1.54) is 73.1 Å². The fourth-order valence-corrected chi connectivity index (χ4v) is 40.0. The van der Waals surface area contributed by atoms with Gasteiger partial charge in [-0.3, -0.25) is 0 Å². The van der Waals surface area contributed by atoms with Crippen LogP contribution in [-0.2, 0) is 7.56 Å². The van der Waals surface area contributed by atoms with Crippen molar-refractivity contribution in [1.82, 2.24) is 0 Å². The minimum absolute atomic E-state index is 0.899. The summed E-state index contributed by atoms with van der Waals surface area (Å²) in [6.45, 7) is 10.8. The van der Waals surface area contributed by atoms with Gasteiger partial charge in [-0.15, -0.1) is 0 Å². The molecule has 0 saturated heterocycles. The molecule has 0 aliphatic carbocycles. The van der Waals surface area contributed by atoms with Crippen LogP contribution in [0.25, 0.3) is 0 Å². The molecule has 0 fully saturated rings. The Morgan fingerprint density at radius 1 is 0.520 bits per heavy atom. The average Bonchev–Trinajstić information content (AvgIpc) is 2.59. The van der Waals surface area contributed by atoms with Crippen molar-refractivity contribution in [3.8, 4) is 0 Å². The summed E-state index contributed by atoms with van der Waals surface area (Å²) in [5, 5.41) is 0. The minimum atomic E-state index is -2.95. The van der Waals surface area contributed by atoms with Gasteiger partial charge < -0.3 is 0 Å². The molecular formula is C20H46O3Sn2. The maximum atomic E-state index is 6.97. The summed E-state index contributed by atoms with van der Waals surface area (Å²) in [4.78, 5) is 4.74. The molecule has 5 heteroatoms. The van der Waals surface area contributed by atoms with Crippen LogP contribution >= 0.6 is 0 Å². The molecule has 152 valence electrons. The molecule has 0 spiro atoms. The van der Waals surface area contributed by atoms with E-state index in [4.69, 9.17) is 7.56 Å². The van der Waals surface area contributed by atoms with Gasteiger partial charge in [0.1, 0.15) is 0 Å². The summed E-state index contributed by atoms with van der Waals surface area (Å²) >= 11 is -5.91. The van der Waals surface area contributed by atoms with Crippen LogP contribution in [0.1, 0.15) is 91.9 Å². The Balaban J connectivity index is 4.81. The second kappa shape index (κ2) is 16.4. The van der Waals surface area contributed by atoms with Crippen LogP contribution in [-0.4, -0.2) is 51.6 Å². The Kier molecular flexibility index (Phi) is 17.4. The summed E-state index contributed by atoms with van der Waals surface area (Å²) in [7, 11) is 0. The van der Waals surface area contributed by atoms with Gasteiger partial charge in [-0.05, 0) is 0 Å². The molecule has 2 unspecified atom stereocenters. The Morgan fingerprint density at radius 3 is 1.20 bits per heavy atom. The monoisotopic (exact) mass is 574 g/mol. The van der Waals surface area contributed by atoms with Crippen molar-refractivity contribution in [2.75, 3.05) is 13.2 Å². The van der Waals surface area contributed by atoms with Gasteiger partial charge >= 0.3 is 170 Å². The van der Waals surface area contributed by atoms with E-state index < -0.39 is 38.4 Å². The van der Waals surface area contributed by atoms with Gasteiger partial charge in [0.25, 0.3) is 0 Å². The summed E-state index contributed by atoms with van der Waals surface area (Å²) < 4.78 is 22.3. The molecule has 0 aromatic rings. The van der Waals surface area contributed by atoms with Gasteiger partial charge in [-0.1, -0.05) is 0 Å². The molecule has 2 atom stereocenters. The first-order valence-electron chi connectivity index (χ1n) is 10.9. The summed E-state index contributed by atoms with van der Waals surface area (Å²) in [6, 6.07) is 0. The average molecular weight is 572 g/mol. The Hall–Kier alpha value is 1.48. The van der Waals surface area contributed by atoms with Gasteiger partial charge in [0, 0.05) is 0 Å². The number of rotatable bonds is 18. The Morgan fingerprint density at radius 2 is 0.880 bits per heavy atom. The number of hydrogen-bond acceptors (Lipinski definition) is 3.